The van der Waals surface area contributed by atoms with Crippen molar-refractivity contribution in [2.45, 2.75) is 32.3 Å². The van der Waals surface area contributed by atoms with E-state index in [0.29, 0.717) is 6.54 Å². The summed E-state index contributed by atoms with van der Waals surface area (Å²) in [6.45, 7) is 3.52. The molecule has 3 heteroatoms. The Bertz CT molecular complexity index is 286. The first-order valence-electron chi connectivity index (χ1n) is 5.85. The normalized spacial score (nSPS) is 12.7. The number of benzene rings is 1. The highest BCUT2D eigenvalue weighted by atomic mass is 79.9. The van der Waals surface area contributed by atoms with Crippen LogP contribution < -0.4 is 5.73 Å². The zero-order valence-electron chi connectivity index (χ0n) is 9.79. The van der Waals surface area contributed by atoms with E-state index in [2.05, 4.69) is 35.0 Å². The first-order chi connectivity index (χ1) is 7.77. The molecular formula is C13H20BrNO. The first-order valence-corrected chi connectivity index (χ1v) is 6.64. The molecule has 0 saturated heterocycles. The summed E-state index contributed by atoms with van der Waals surface area (Å²) in [5.74, 6) is 0. The molecule has 2 nitrogen and oxygen atoms in total. The Labute approximate surface area is 106 Å². The summed E-state index contributed by atoms with van der Waals surface area (Å²) in [4.78, 5) is 0. The molecule has 1 aromatic carbocycles. The second kappa shape index (κ2) is 7.82. The average Bonchev–Trinajstić information content (AvgIpc) is 2.31. The van der Waals surface area contributed by atoms with Crippen molar-refractivity contribution in [1.82, 2.24) is 0 Å². The van der Waals surface area contributed by atoms with Crippen LogP contribution in [0.3, 0.4) is 0 Å². The van der Waals surface area contributed by atoms with Gasteiger partial charge in [0.05, 0.1) is 6.10 Å². The fourth-order valence-electron chi connectivity index (χ4n) is 1.56. The highest BCUT2D eigenvalue weighted by molar-refractivity contribution is 9.10. The van der Waals surface area contributed by atoms with Gasteiger partial charge in [0.25, 0.3) is 0 Å². The summed E-state index contributed by atoms with van der Waals surface area (Å²) in [6.07, 6.45) is 3.58. The third-order valence-electron chi connectivity index (χ3n) is 2.52. The maximum Gasteiger partial charge on any atom is 0.0947 e. The van der Waals surface area contributed by atoms with Crippen molar-refractivity contribution in [3.8, 4) is 0 Å². The van der Waals surface area contributed by atoms with Gasteiger partial charge in [-0.2, -0.15) is 0 Å². The van der Waals surface area contributed by atoms with Gasteiger partial charge in [-0.15, -0.1) is 0 Å². The van der Waals surface area contributed by atoms with Gasteiger partial charge < -0.3 is 10.5 Å². The molecule has 1 rings (SSSR count). The highest BCUT2D eigenvalue weighted by Gasteiger charge is 2.09. The molecule has 0 aliphatic heterocycles. The Morgan fingerprint density at radius 1 is 1.25 bits per heavy atom. The number of nitrogens with two attached hydrogens (primary N) is 1. The van der Waals surface area contributed by atoms with Gasteiger partial charge in [0.15, 0.2) is 0 Å². The van der Waals surface area contributed by atoms with Crippen molar-refractivity contribution in [3.05, 3.63) is 34.3 Å². The Kier molecular flexibility index (Phi) is 6.69. The predicted octanol–water partition coefficient (Wildman–Crippen LogP) is 3.66. The molecule has 0 bridgehead atoms. The molecule has 0 amide bonds. The van der Waals surface area contributed by atoms with E-state index in [1.165, 1.54) is 12.8 Å². The van der Waals surface area contributed by atoms with Gasteiger partial charge in [-0.3, -0.25) is 0 Å². The fraction of sp³-hybridized carbons (Fsp3) is 0.538. The molecule has 90 valence electrons. The lowest BCUT2D eigenvalue weighted by Crippen LogP contribution is -2.16. The predicted molar refractivity (Wildman–Crippen MR) is 71.4 cm³/mol. The van der Waals surface area contributed by atoms with Crippen LogP contribution in [0.25, 0.3) is 0 Å². The summed E-state index contributed by atoms with van der Waals surface area (Å²) in [7, 11) is 0. The second-order valence-electron chi connectivity index (χ2n) is 3.85. The van der Waals surface area contributed by atoms with Gasteiger partial charge in [0.1, 0.15) is 0 Å². The lowest BCUT2D eigenvalue weighted by molar-refractivity contribution is 0.0560. The van der Waals surface area contributed by atoms with E-state index in [9.17, 15) is 0 Å². The van der Waals surface area contributed by atoms with Crippen LogP contribution in [0, 0.1) is 0 Å². The molecule has 2 N–H and O–H groups in total. The molecular weight excluding hydrogens is 266 g/mol. The molecule has 0 heterocycles. The molecule has 0 aliphatic carbocycles. The maximum atomic E-state index is 5.78. The molecule has 0 spiro atoms. The third-order valence-corrected chi connectivity index (χ3v) is 3.05. The Morgan fingerprint density at radius 2 is 1.94 bits per heavy atom. The lowest BCUT2D eigenvalue weighted by Gasteiger charge is -2.16. The van der Waals surface area contributed by atoms with Crippen LogP contribution in [0.15, 0.2) is 28.7 Å². The van der Waals surface area contributed by atoms with Crippen LogP contribution in [0.2, 0.25) is 0 Å². The van der Waals surface area contributed by atoms with E-state index < -0.39 is 0 Å². The van der Waals surface area contributed by atoms with Gasteiger partial charge in [0, 0.05) is 17.6 Å². The number of hydrogen-bond donors (Lipinski definition) is 1. The van der Waals surface area contributed by atoms with Gasteiger partial charge >= 0.3 is 0 Å². The van der Waals surface area contributed by atoms with E-state index in [1.807, 2.05) is 12.1 Å². The van der Waals surface area contributed by atoms with Crippen molar-refractivity contribution in [2.75, 3.05) is 13.2 Å². The van der Waals surface area contributed by atoms with Gasteiger partial charge in [-0.25, -0.2) is 0 Å². The summed E-state index contributed by atoms with van der Waals surface area (Å²) in [5.41, 5.74) is 6.88. The summed E-state index contributed by atoms with van der Waals surface area (Å²) in [6, 6.07) is 8.16. The van der Waals surface area contributed by atoms with Crippen molar-refractivity contribution in [1.29, 1.82) is 0 Å². The van der Waals surface area contributed by atoms with Crippen LogP contribution in [-0.4, -0.2) is 13.2 Å². The molecule has 0 aromatic heterocycles. The third kappa shape index (κ3) is 4.64. The van der Waals surface area contributed by atoms with E-state index in [0.717, 1.165) is 23.1 Å². The molecule has 0 aliphatic rings. The standard InChI is InChI=1S/C13H20BrNO/c1-2-3-4-9-16-13(10-15)11-5-7-12(14)8-6-11/h5-8,13H,2-4,9-10,15H2,1H3. The Morgan fingerprint density at radius 3 is 2.50 bits per heavy atom. The lowest BCUT2D eigenvalue weighted by atomic mass is 10.1. The van der Waals surface area contributed by atoms with Gasteiger partial charge in [0.2, 0.25) is 0 Å². The minimum Gasteiger partial charge on any atom is -0.372 e. The van der Waals surface area contributed by atoms with Crippen LogP contribution in [0.5, 0.6) is 0 Å². The second-order valence-corrected chi connectivity index (χ2v) is 4.77. The van der Waals surface area contributed by atoms with E-state index in [4.69, 9.17) is 10.5 Å². The van der Waals surface area contributed by atoms with E-state index in [1.54, 1.807) is 0 Å². The molecule has 16 heavy (non-hydrogen) atoms. The number of ether oxygens (including phenoxy) is 1. The quantitative estimate of drug-likeness (QED) is 0.776. The first kappa shape index (κ1) is 13.7. The molecule has 0 fully saturated rings. The van der Waals surface area contributed by atoms with Crippen molar-refractivity contribution in [3.63, 3.8) is 0 Å². The summed E-state index contributed by atoms with van der Waals surface area (Å²) < 4.78 is 6.86. The number of hydrogen-bond acceptors (Lipinski definition) is 2. The largest absolute Gasteiger partial charge is 0.372 e. The van der Waals surface area contributed by atoms with Crippen LogP contribution in [-0.2, 0) is 4.74 Å². The monoisotopic (exact) mass is 285 g/mol. The molecule has 1 unspecified atom stereocenters. The topological polar surface area (TPSA) is 35.2 Å². The number of unbranched alkanes of at least 4 members (excludes halogenated alkanes) is 2. The van der Waals surface area contributed by atoms with Crippen LogP contribution >= 0.6 is 15.9 Å². The average molecular weight is 286 g/mol. The van der Waals surface area contributed by atoms with Gasteiger partial charge in [-0.05, 0) is 24.1 Å². The fourth-order valence-corrected chi connectivity index (χ4v) is 1.82. The Hall–Kier alpha value is -0.380. The van der Waals surface area contributed by atoms with Crippen LogP contribution in [0.1, 0.15) is 37.9 Å². The number of halogens is 1. The van der Waals surface area contributed by atoms with Crippen molar-refractivity contribution in [2.24, 2.45) is 5.73 Å². The van der Waals surface area contributed by atoms with Gasteiger partial charge in [-0.1, -0.05) is 47.8 Å². The summed E-state index contributed by atoms with van der Waals surface area (Å²) >= 11 is 3.42. The van der Waals surface area contributed by atoms with E-state index in [-0.39, 0.29) is 6.10 Å². The SMILES string of the molecule is CCCCCOC(CN)c1ccc(Br)cc1. The zero-order valence-corrected chi connectivity index (χ0v) is 11.4. The maximum absolute atomic E-state index is 5.78. The number of rotatable bonds is 7. The van der Waals surface area contributed by atoms with Crippen molar-refractivity contribution < 1.29 is 4.74 Å². The highest BCUT2D eigenvalue weighted by Crippen LogP contribution is 2.19. The van der Waals surface area contributed by atoms with Crippen LogP contribution in [0.4, 0.5) is 0 Å². The molecule has 1 aromatic rings. The minimum atomic E-state index is 0.0324. The van der Waals surface area contributed by atoms with Crippen molar-refractivity contribution >= 4 is 15.9 Å². The Balaban J connectivity index is 2.44. The van der Waals surface area contributed by atoms with E-state index >= 15 is 0 Å². The molecule has 0 saturated carbocycles. The molecule has 1 atom stereocenters. The molecule has 0 radical (unpaired) electrons. The minimum absolute atomic E-state index is 0.0324. The summed E-state index contributed by atoms with van der Waals surface area (Å²) in [5, 5.41) is 0. The smallest absolute Gasteiger partial charge is 0.0947 e. The zero-order chi connectivity index (χ0) is 11.8.